The Hall–Kier alpha value is -2.81. The molecular weight excluding hydrogens is 384 g/mol. The molecule has 1 amide bonds. The Morgan fingerprint density at radius 3 is 2.75 bits per heavy atom. The average Bonchev–Trinajstić information content (AvgIpc) is 3.05. The van der Waals surface area contributed by atoms with Crippen molar-refractivity contribution in [2.24, 2.45) is 0 Å². The number of halogens is 1. The Labute approximate surface area is 169 Å². The van der Waals surface area contributed by atoms with Crippen molar-refractivity contribution in [2.75, 3.05) is 19.0 Å². The summed E-state index contributed by atoms with van der Waals surface area (Å²) in [6.07, 6.45) is 1.69. The van der Waals surface area contributed by atoms with Gasteiger partial charge in [0.05, 0.1) is 13.7 Å². The third kappa shape index (κ3) is 6.12. The van der Waals surface area contributed by atoms with Crippen LogP contribution in [0.1, 0.15) is 26.3 Å². The van der Waals surface area contributed by atoms with Gasteiger partial charge in [-0.15, -0.1) is 6.58 Å². The van der Waals surface area contributed by atoms with Gasteiger partial charge in [-0.05, 0) is 42.8 Å². The first kappa shape index (κ1) is 21.5. The van der Waals surface area contributed by atoms with E-state index in [-0.39, 0.29) is 18.1 Å². The van der Waals surface area contributed by atoms with Gasteiger partial charge in [0.25, 0.3) is 5.91 Å². The van der Waals surface area contributed by atoms with Gasteiger partial charge in [-0.3, -0.25) is 4.79 Å². The van der Waals surface area contributed by atoms with Crippen molar-refractivity contribution in [3.8, 4) is 11.5 Å². The molecule has 1 aromatic carbocycles. The molecule has 28 heavy (non-hydrogen) atoms. The Bertz CT molecular complexity index is 831. The standard InChI is InChI=1S/C18H25ClN6O3/c1-6-7-25-17(22-23-24-25)20-10-12-8-14(27-5)15(9-13(12)19)28-11-16(26)21-18(2,3)4/h6,8-9H,1,7,10-11H2,2-5H3,(H,21,26)(H,20,22,24). The molecule has 0 bridgehead atoms. The average molecular weight is 409 g/mol. The highest BCUT2D eigenvalue weighted by Gasteiger charge is 2.16. The number of hydrogen-bond acceptors (Lipinski definition) is 7. The first-order valence-electron chi connectivity index (χ1n) is 8.64. The number of rotatable bonds is 9. The molecule has 0 saturated carbocycles. The second kappa shape index (κ2) is 9.41. The van der Waals surface area contributed by atoms with Gasteiger partial charge < -0.3 is 20.1 Å². The fourth-order valence-electron chi connectivity index (χ4n) is 2.33. The maximum atomic E-state index is 12.0. The second-order valence-electron chi connectivity index (χ2n) is 7.01. The Kier molecular flexibility index (Phi) is 7.22. The third-order valence-electron chi connectivity index (χ3n) is 3.48. The van der Waals surface area contributed by atoms with Gasteiger partial charge in [-0.2, -0.15) is 0 Å². The minimum absolute atomic E-state index is 0.141. The number of amides is 1. The summed E-state index contributed by atoms with van der Waals surface area (Å²) < 4.78 is 12.5. The molecule has 0 aliphatic rings. The lowest BCUT2D eigenvalue weighted by Crippen LogP contribution is -2.43. The van der Waals surface area contributed by atoms with E-state index < -0.39 is 0 Å². The summed E-state index contributed by atoms with van der Waals surface area (Å²) in [6, 6.07) is 3.36. The molecule has 0 radical (unpaired) electrons. The van der Waals surface area contributed by atoms with Crippen molar-refractivity contribution in [1.29, 1.82) is 0 Å². The summed E-state index contributed by atoms with van der Waals surface area (Å²) in [4.78, 5) is 12.0. The topological polar surface area (TPSA) is 103 Å². The van der Waals surface area contributed by atoms with Crippen LogP contribution in [0, 0.1) is 0 Å². The number of aromatic nitrogens is 4. The quantitative estimate of drug-likeness (QED) is 0.614. The predicted molar refractivity (Wildman–Crippen MR) is 107 cm³/mol. The van der Waals surface area contributed by atoms with Gasteiger partial charge in [0, 0.05) is 23.2 Å². The largest absolute Gasteiger partial charge is 0.493 e. The second-order valence-corrected chi connectivity index (χ2v) is 7.42. The molecule has 10 heteroatoms. The molecule has 152 valence electrons. The highest BCUT2D eigenvalue weighted by molar-refractivity contribution is 6.31. The van der Waals surface area contributed by atoms with Crippen LogP contribution in [0.2, 0.25) is 5.02 Å². The number of anilines is 1. The maximum Gasteiger partial charge on any atom is 0.258 e. The molecule has 0 atom stereocenters. The van der Waals surface area contributed by atoms with E-state index in [1.807, 2.05) is 20.8 Å². The normalized spacial score (nSPS) is 11.0. The fraction of sp³-hybridized carbons (Fsp3) is 0.444. The van der Waals surface area contributed by atoms with E-state index in [4.69, 9.17) is 21.1 Å². The highest BCUT2D eigenvalue weighted by atomic mass is 35.5. The fourth-order valence-corrected chi connectivity index (χ4v) is 2.55. The van der Waals surface area contributed by atoms with Crippen LogP contribution in [0.15, 0.2) is 24.8 Å². The molecule has 1 aromatic heterocycles. The number of carbonyl (C=O) groups excluding carboxylic acids is 1. The minimum atomic E-state index is -0.335. The number of methoxy groups -OCH3 is 1. The zero-order chi connectivity index (χ0) is 20.7. The van der Waals surface area contributed by atoms with Crippen molar-refractivity contribution in [2.45, 2.75) is 39.4 Å². The smallest absolute Gasteiger partial charge is 0.258 e. The number of tetrazole rings is 1. The van der Waals surface area contributed by atoms with Gasteiger partial charge in [-0.1, -0.05) is 22.8 Å². The van der Waals surface area contributed by atoms with Crippen LogP contribution in [-0.2, 0) is 17.9 Å². The monoisotopic (exact) mass is 408 g/mol. The molecule has 0 fully saturated rings. The number of hydrogen-bond donors (Lipinski definition) is 2. The van der Waals surface area contributed by atoms with Crippen molar-refractivity contribution in [3.05, 3.63) is 35.4 Å². The van der Waals surface area contributed by atoms with Gasteiger partial charge in [-0.25, -0.2) is 4.68 Å². The minimum Gasteiger partial charge on any atom is -0.493 e. The van der Waals surface area contributed by atoms with Crippen LogP contribution in [-0.4, -0.2) is 45.4 Å². The van der Waals surface area contributed by atoms with E-state index in [1.54, 1.807) is 22.9 Å². The SMILES string of the molecule is C=CCn1nnnc1NCc1cc(OC)c(OCC(=O)NC(C)(C)C)cc1Cl. The Morgan fingerprint density at radius 1 is 1.36 bits per heavy atom. The number of benzene rings is 1. The lowest BCUT2D eigenvalue weighted by molar-refractivity contribution is -0.124. The van der Waals surface area contributed by atoms with Crippen LogP contribution in [0.3, 0.4) is 0 Å². The molecule has 2 aromatic rings. The summed E-state index contributed by atoms with van der Waals surface area (Å²) >= 11 is 6.37. The number of allylic oxidation sites excluding steroid dienone is 1. The molecule has 0 spiro atoms. The molecule has 0 saturated heterocycles. The molecular formula is C18H25ClN6O3. The number of nitrogens with one attached hydrogen (secondary N) is 2. The first-order valence-corrected chi connectivity index (χ1v) is 9.02. The highest BCUT2D eigenvalue weighted by Crippen LogP contribution is 2.33. The van der Waals surface area contributed by atoms with Crippen molar-refractivity contribution < 1.29 is 14.3 Å². The van der Waals surface area contributed by atoms with Gasteiger partial charge in [0.15, 0.2) is 18.1 Å². The number of carbonyl (C=O) groups is 1. The van der Waals surface area contributed by atoms with Crippen LogP contribution < -0.4 is 20.1 Å². The van der Waals surface area contributed by atoms with Crippen molar-refractivity contribution in [3.63, 3.8) is 0 Å². The maximum absolute atomic E-state index is 12.0. The van der Waals surface area contributed by atoms with Gasteiger partial charge >= 0.3 is 0 Å². The molecule has 2 rings (SSSR count). The summed E-state index contributed by atoms with van der Waals surface area (Å²) in [5.74, 6) is 1.12. The molecule has 2 N–H and O–H groups in total. The molecule has 9 nitrogen and oxygen atoms in total. The van der Waals surface area contributed by atoms with Gasteiger partial charge in [0.2, 0.25) is 5.95 Å². The van der Waals surface area contributed by atoms with Crippen LogP contribution >= 0.6 is 11.6 Å². The summed E-state index contributed by atoms with van der Waals surface area (Å²) in [7, 11) is 1.52. The van der Waals surface area contributed by atoms with E-state index in [0.717, 1.165) is 5.56 Å². The summed E-state index contributed by atoms with van der Waals surface area (Å²) in [6.45, 7) is 10.1. The van der Waals surface area contributed by atoms with Crippen molar-refractivity contribution in [1.82, 2.24) is 25.5 Å². The van der Waals surface area contributed by atoms with E-state index in [2.05, 4.69) is 32.7 Å². The van der Waals surface area contributed by atoms with E-state index >= 15 is 0 Å². The summed E-state index contributed by atoms with van der Waals surface area (Å²) in [5.41, 5.74) is 0.428. The molecule has 0 unspecified atom stereocenters. The summed E-state index contributed by atoms with van der Waals surface area (Å²) in [5, 5.41) is 17.8. The Morgan fingerprint density at radius 2 is 2.11 bits per heavy atom. The predicted octanol–water partition coefficient (Wildman–Crippen LogP) is 2.43. The van der Waals surface area contributed by atoms with E-state index in [9.17, 15) is 4.79 Å². The molecule has 0 aliphatic carbocycles. The molecule has 1 heterocycles. The van der Waals surface area contributed by atoms with Crippen LogP contribution in [0.5, 0.6) is 11.5 Å². The Balaban J connectivity index is 2.06. The first-order chi connectivity index (χ1) is 13.2. The zero-order valence-electron chi connectivity index (χ0n) is 16.5. The zero-order valence-corrected chi connectivity index (χ0v) is 17.2. The van der Waals surface area contributed by atoms with Gasteiger partial charge in [0.1, 0.15) is 0 Å². The van der Waals surface area contributed by atoms with E-state index in [0.29, 0.717) is 35.6 Å². The van der Waals surface area contributed by atoms with Crippen molar-refractivity contribution >= 4 is 23.5 Å². The lowest BCUT2D eigenvalue weighted by atomic mass is 10.1. The number of nitrogens with zero attached hydrogens (tertiary/aromatic N) is 4. The third-order valence-corrected chi connectivity index (χ3v) is 3.83. The van der Waals surface area contributed by atoms with Crippen LogP contribution in [0.25, 0.3) is 0 Å². The van der Waals surface area contributed by atoms with E-state index in [1.165, 1.54) is 7.11 Å². The lowest BCUT2D eigenvalue weighted by Gasteiger charge is -2.21. The molecule has 0 aliphatic heterocycles. The van der Waals surface area contributed by atoms with Crippen LogP contribution in [0.4, 0.5) is 5.95 Å². The number of ether oxygens (including phenoxy) is 2.